The number of carboxylic acids is 1. The number of hydrogen-bond donors (Lipinski definition) is 3. The van der Waals surface area contributed by atoms with E-state index < -0.39 is 18.0 Å². The van der Waals surface area contributed by atoms with Crippen LogP contribution >= 0.6 is 11.8 Å². The molecule has 0 radical (unpaired) electrons. The number of aliphatic hydroxyl groups excluding tert-OH is 1. The van der Waals surface area contributed by atoms with Gasteiger partial charge in [-0.05, 0) is 6.92 Å². The zero-order chi connectivity index (χ0) is 15.7. The second-order valence-corrected chi connectivity index (χ2v) is 6.20. The number of nitrogens with two attached hydrogens (primary N) is 1. The van der Waals surface area contributed by atoms with Gasteiger partial charge in [0.05, 0.1) is 30.6 Å². The van der Waals surface area contributed by atoms with Crippen molar-refractivity contribution in [2.45, 2.75) is 26.0 Å². The third-order valence-corrected chi connectivity index (χ3v) is 5.03. The number of carbonyl (C=O) groups is 2. The summed E-state index contributed by atoms with van der Waals surface area (Å²) in [7, 11) is 0. The van der Waals surface area contributed by atoms with Gasteiger partial charge in [-0.1, -0.05) is 18.7 Å². The molecule has 2 aliphatic rings. The SMILES string of the molecule is CC(O)[C@H]1C(=O)N2C(C(=O)O)=C(SCOCCN)[C@H](C)[C@H]12. The summed E-state index contributed by atoms with van der Waals surface area (Å²) in [6.45, 7) is 4.24. The van der Waals surface area contributed by atoms with Crippen LogP contribution in [0.2, 0.25) is 0 Å². The number of nitrogens with zero attached hydrogens (tertiary/aromatic N) is 1. The number of carboxylic acid groups (broad SMARTS) is 1. The van der Waals surface area contributed by atoms with Crippen LogP contribution in [-0.4, -0.2) is 58.2 Å². The molecule has 1 unspecified atom stereocenters. The van der Waals surface area contributed by atoms with Gasteiger partial charge in [0, 0.05) is 17.4 Å². The number of fused-ring (bicyclic) bond motifs is 1. The lowest BCUT2D eigenvalue weighted by molar-refractivity contribution is -0.163. The molecule has 4 atom stereocenters. The lowest BCUT2D eigenvalue weighted by Gasteiger charge is -2.46. The van der Waals surface area contributed by atoms with E-state index >= 15 is 0 Å². The number of carbonyl (C=O) groups excluding carboxylic acids is 1. The molecule has 2 heterocycles. The molecular weight excluding hydrogens is 296 g/mol. The highest BCUT2D eigenvalue weighted by molar-refractivity contribution is 8.03. The number of thioether (sulfide) groups is 1. The van der Waals surface area contributed by atoms with E-state index in [1.54, 1.807) is 6.92 Å². The van der Waals surface area contributed by atoms with Crippen molar-refractivity contribution < 1.29 is 24.5 Å². The average Bonchev–Trinajstić information content (AvgIpc) is 2.64. The predicted molar refractivity (Wildman–Crippen MR) is 77.1 cm³/mol. The lowest BCUT2D eigenvalue weighted by Crippen LogP contribution is -2.63. The Morgan fingerprint density at radius 2 is 2.24 bits per heavy atom. The van der Waals surface area contributed by atoms with E-state index in [-0.39, 0.29) is 23.6 Å². The molecule has 0 aliphatic carbocycles. The molecule has 4 N–H and O–H groups in total. The van der Waals surface area contributed by atoms with Crippen LogP contribution in [0.3, 0.4) is 0 Å². The van der Waals surface area contributed by atoms with Crippen molar-refractivity contribution in [3.8, 4) is 0 Å². The number of aliphatic hydroxyl groups is 1. The predicted octanol–water partition coefficient (Wildman–Crippen LogP) is -0.194. The van der Waals surface area contributed by atoms with Crippen LogP contribution in [0.1, 0.15) is 13.8 Å². The fourth-order valence-electron chi connectivity index (χ4n) is 2.96. The summed E-state index contributed by atoms with van der Waals surface area (Å²) in [4.78, 5) is 25.5. The summed E-state index contributed by atoms with van der Waals surface area (Å²) >= 11 is 1.28. The zero-order valence-corrected chi connectivity index (χ0v) is 12.8. The van der Waals surface area contributed by atoms with Crippen LogP contribution in [-0.2, 0) is 14.3 Å². The second-order valence-electron chi connectivity index (χ2n) is 5.23. The van der Waals surface area contributed by atoms with E-state index in [1.807, 2.05) is 6.92 Å². The molecule has 0 spiro atoms. The molecule has 0 saturated carbocycles. The number of hydrogen-bond acceptors (Lipinski definition) is 6. The Balaban J connectivity index is 2.18. The maximum absolute atomic E-state index is 12.1. The molecule has 1 amide bonds. The minimum Gasteiger partial charge on any atom is -0.477 e. The van der Waals surface area contributed by atoms with Crippen LogP contribution in [0.5, 0.6) is 0 Å². The Morgan fingerprint density at radius 3 is 2.76 bits per heavy atom. The molecular formula is C13H20N2O5S. The van der Waals surface area contributed by atoms with E-state index in [4.69, 9.17) is 10.5 Å². The molecule has 0 bridgehead atoms. The van der Waals surface area contributed by atoms with E-state index in [0.717, 1.165) is 0 Å². The maximum atomic E-state index is 12.1. The molecule has 0 aromatic heterocycles. The molecule has 21 heavy (non-hydrogen) atoms. The van der Waals surface area contributed by atoms with E-state index in [2.05, 4.69) is 0 Å². The van der Waals surface area contributed by atoms with Gasteiger partial charge in [0.1, 0.15) is 5.70 Å². The first kappa shape index (κ1) is 16.3. The quantitative estimate of drug-likeness (QED) is 0.339. The number of β-lactam (4-membered cyclic amide) rings is 1. The minimum atomic E-state index is -1.12. The lowest BCUT2D eigenvalue weighted by atomic mass is 9.79. The third-order valence-electron chi connectivity index (χ3n) is 3.87. The standard InChI is InChI=1S/C13H20N2O5S/c1-6-9-8(7(2)16)12(17)15(9)10(13(18)19)11(6)21-5-20-4-3-14/h6-9,16H,3-5,14H2,1-2H3,(H,18,19)/t6-,7?,8-,9-/m1/s1. The van der Waals surface area contributed by atoms with Crippen LogP contribution in [0.25, 0.3) is 0 Å². The van der Waals surface area contributed by atoms with Crippen molar-refractivity contribution in [1.29, 1.82) is 0 Å². The average molecular weight is 316 g/mol. The van der Waals surface area contributed by atoms with E-state index in [0.29, 0.717) is 24.0 Å². The normalized spacial score (nSPS) is 29.4. The van der Waals surface area contributed by atoms with Crippen LogP contribution in [0, 0.1) is 11.8 Å². The van der Waals surface area contributed by atoms with Gasteiger partial charge >= 0.3 is 5.97 Å². The van der Waals surface area contributed by atoms with Gasteiger partial charge < -0.3 is 25.6 Å². The molecule has 2 rings (SSSR count). The topological polar surface area (TPSA) is 113 Å². The van der Waals surface area contributed by atoms with Crippen LogP contribution < -0.4 is 5.73 Å². The molecule has 0 aromatic carbocycles. The summed E-state index contributed by atoms with van der Waals surface area (Å²) in [6, 6.07) is -0.277. The van der Waals surface area contributed by atoms with Crippen molar-refractivity contribution in [2.24, 2.45) is 17.6 Å². The van der Waals surface area contributed by atoms with Gasteiger partial charge in [-0.15, -0.1) is 0 Å². The Kier molecular flexibility index (Phi) is 4.92. The monoisotopic (exact) mass is 316 g/mol. The number of aliphatic carboxylic acids is 1. The Morgan fingerprint density at radius 1 is 1.57 bits per heavy atom. The Hall–Kier alpha value is -1.09. The summed E-state index contributed by atoms with van der Waals surface area (Å²) in [5.74, 6) is -1.81. The van der Waals surface area contributed by atoms with E-state index in [1.165, 1.54) is 16.7 Å². The maximum Gasteiger partial charge on any atom is 0.353 e. The van der Waals surface area contributed by atoms with Crippen LogP contribution in [0.15, 0.2) is 10.6 Å². The van der Waals surface area contributed by atoms with Gasteiger partial charge in [-0.25, -0.2) is 4.79 Å². The Bertz CT molecular complexity index is 479. The summed E-state index contributed by atoms with van der Waals surface area (Å²) < 4.78 is 5.27. The summed E-state index contributed by atoms with van der Waals surface area (Å²) in [6.07, 6.45) is -0.783. The van der Waals surface area contributed by atoms with E-state index in [9.17, 15) is 19.8 Å². The first-order valence-corrected chi connectivity index (χ1v) is 7.79. The molecule has 0 aromatic rings. The first-order chi connectivity index (χ1) is 9.91. The van der Waals surface area contributed by atoms with Crippen molar-refractivity contribution in [1.82, 2.24) is 4.90 Å². The second kappa shape index (κ2) is 6.35. The van der Waals surface area contributed by atoms with Gasteiger partial charge in [-0.3, -0.25) is 4.79 Å². The zero-order valence-electron chi connectivity index (χ0n) is 12.0. The fourth-order valence-corrected chi connectivity index (χ4v) is 4.02. The van der Waals surface area contributed by atoms with Gasteiger partial charge in [0.15, 0.2) is 0 Å². The highest BCUT2D eigenvalue weighted by Crippen LogP contribution is 2.50. The molecule has 7 nitrogen and oxygen atoms in total. The highest BCUT2D eigenvalue weighted by Gasteiger charge is 2.59. The number of ether oxygens (including phenoxy) is 1. The Labute approximate surface area is 127 Å². The number of rotatable bonds is 7. The van der Waals surface area contributed by atoms with Crippen molar-refractivity contribution in [2.75, 3.05) is 19.1 Å². The molecule has 2 aliphatic heterocycles. The smallest absolute Gasteiger partial charge is 0.353 e. The van der Waals surface area contributed by atoms with Gasteiger partial charge in [0.25, 0.3) is 0 Å². The van der Waals surface area contributed by atoms with Crippen molar-refractivity contribution in [3.63, 3.8) is 0 Å². The minimum absolute atomic E-state index is 0.0238. The van der Waals surface area contributed by atoms with Crippen LogP contribution in [0.4, 0.5) is 0 Å². The molecule has 118 valence electrons. The van der Waals surface area contributed by atoms with Gasteiger partial charge in [0.2, 0.25) is 5.91 Å². The third kappa shape index (κ3) is 2.68. The van der Waals surface area contributed by atoms with Crippen molar-refractivity contribution >= 4 is 23.6 Å². The summed E-state index contributed by atoms with van der Waals surface area (Å²) in [5.41, 5.74) is 5.35. The molecule has 1 fully saturated rings. The highest BCUT2D eigenvalue weighted by atomic mass is 32.2. The van der Waals surface area contributed by atoms with Crippen molar-refractivity contribution in [3.05, 3.63) is 10.6 Å². The largest absolute Gasteiger partial charge is 0.477 e. The summed E-state index contributed by atoms with van der Waals surface area (Å²) in [5, 5.41) is 19.1. The number of amides is 1. The molecule has 1 saturated heterocycles. The fraction of sp³-hybridized carbons (Fsp3) is 0.692. The first-order valence-electron chi connectivity index (χ1n) is 6.81. The van der Waals surface area contributed by atoms with Gasteiger partial charge in [-0.2, -0.15) is 0 Å². The molecule has 8 heteroatoms.